The van der Waals surface area contributed by atoms with E-state index in [0.29, 0.717) is 16.8 Å². The van der Waals surface area contributed by atoms with Crippen LogP contribution in [0, 0.1) is 29.2 Å². The Kier molecular flexibility index (Phi) is 6.56. The van der Waals surface area contributed by atoms with E-state index in [1.165, 1.54) is 0 Å². The quantitative estimate of drug-likeness (QED) is 0.181. The van der Waals surface area contributed by atoms with Gasteiger partial charge in [0.15, 0.2) is 5.69 Å². The predicted molar refractivity (Wildman–Crippen MR) is 202 cm³/mol. The lowest BCUT2D eigenvalue weighted by Gasteiger charge is -2.20. The Morgan fingerprint density at radius 3 is 1.82 bits per heavy atom. The number of nitriles is 2. The molecule has 0 amide bonds. The highest BCUT2D eigenvalue weighted by Crippen LogP contribution is 2.43. The van der Waals surface area contributed by atoms with Crippen LogP contribution in [0.2, 0.25) is 0 Å². The van der Waals surface area contributed by atoms with Crippen molar-refractivity contribution in [1.82, 2.24) is 9.13 Å². The molecule has 9 rings (SSSR count). The SMILES string of the molecule is [C-]#[N+]c1ccc2c(c1)c1ccccc1n2-c1c(-c2ccc(-n3c4ccccc4c4cc(C#N)ccc43)cc2)cccc1-c1ccccc1C#N. The molecule has 2 heterocycles. The van der Waals surface area contributed by atoms with Crippen LogP contribution < -0.4 is 0 Å². The summed E-state index contributed by atoms with van der Waals surface area (Å²) in [5.41, 5.74) is 11.8. The van der Waals surface area contributed by atoms with Crippen molar-refractivity contribution in [2.24, 2.45) is 0 Å². The molecule has 0 aliphatic heterocycles. The fourth-order valence-electron chi connectivity index (χ4n) is 7.43. The molecule has 0 bridgehead atoms. The van der Waals surface area contributed by atoms with E-state index in [4.69, 9.17) is 6.57 Å². The van der Waals surface area contributed by atoms with Crippen LogP contribution in [-0.4, -0.2) is 9.13 Å². The molecule has 7 aromatic carbocycles. The Bertz CT molecular complexity index is 2960. The van der Waals surface area contributed by atoms with Crippen LogP contribution in [0.4, 0.5) is 5.69 Å². The van der Waals surface area contributed by atoms with Gasteiger partial charge in [0.1, 0.15) is 0 Å². The molecule has 9 aromatic rings. The largest absolute Gasteiger partial charge is 0.309 e. The summed E-state index contributed by atoms with van der Waals surface area (Å²) in [4.78, 5) is 3.73. The van der Waals surface area contributed by atoms with Crippen molar-refractivity contribution < 1.29 is 0 Å². The van der Waals surface area contributed by atoms with Gasteiger partial charge < -0.3 is 9.13 Å². The maximum Gasteiger partial charge on any atom is 0.188 e. The molecule has 50 heavy (non-hydrogen) atoms. The number of hydrogen-bond donors (Lipinski definition) is 0. The van der Waals surface area contributed by atoms with E-state index in [0.717, 1.165) is 77.2 Å². The molecule has 2 aromatic heterocycles. The lowest BCUT2D eigenvalue weighted by Crippen LogP contribution is -2.01. The number of hydrogen-bond acceptors (Lipinski definition) is 2. The van der Waals surface area contributed by atoms with Crippen molar-refractivity contribution >= 4 is 49.3 Å². The number of para-hydroxylation sites is 3. The molecule has 0 N–H and O–H groups in total. The summed E-state index contributed by atoms with van der Waals surface area (Å²) in [6, 6.07) is 55.6. The Morgan fingerprint density at radius 2 is 1.08 bits per heavy atom. The van der Waals surface area contributed by atoms with E-state index < -0.39 is 0 Å². The molecule has 0 aliphatic rings. The monoisotopic (exact) mass is 635 g/mol. The van der Waals surface area contributed by atoms with Gasteiger partial charge >= 0.3 is 0 Å². The maximum atomic E-state index is 10.2. The lowest BCUT2D eigenvalue weighted by molar-refractivity contribution is 1.17. The molecule has 0 radical (unpaired) electrons. The van der Waals surface area contributed by atoms with Crippen LogP contribution in [-0.2, 0) is 0 Å². The van der Waals surface area contributed by atoms with Crippen LogP contribution in [0.3, 0.4) is 0 Å². The molecule has 0 aliphatic carbocycles. The summed E-state index contributed by atoms with van der Waals surface area (Å²) in [6.45, 7) is 7.69. The second kappa shape index (κ2) is 11.4. The number of rotatable bonds is 4. The average Bonchev–Trinajstić information content (AvgIpc) is 3.69. The summed E-state index contributed by atoms with van der Waals surface area (Å²) in [7, 11) is 0. The fraction of sp³-hybridized carbons (Fsp3) is 0. The standard InChI is InChI=1S/C45H25N5/c1-48-32-20-24-44-40(26-32)37-12-5-7-16-42(37)50(44)45-35(13-8-14-38(45)34-10-3-2-9-31(34)28-47)30-18-21-33(22-19-30)49-41-15-6-4-11-36(41)39-25-29(27-46)17-23-43(39)49/h2-26H. The smallest absolute Gasteiger partial charge is 0.188 e. The van der Waals surface area contributed by atoms with Gasteiger partial charge in [0, 0.05) is 38.5 Å². The molecule has 0 saturated carbocycles. The van der Waals surface area contributed by atoms with Crippen LogP contribution >= 0.6 is 0 Å². The first-order valence-corrected chi connectivity index (χ1v) is 16.3. The Balaban J connectivity index is 1.31. The van der Waals surface area contributed by atoms with Crippen LogP contribution in [0.15, 0.2) is 152 Å². The molecule has 0 unspecified atom stereocenters. The first-order valence-electron chi connectivity index (χ1n) is 16.3. The molecule has 0 saturated heterocycles. The summed E-state index contributed by atoms with van der Waals surface area (Å²) >= 11 is 0. The van der Waals surface area contributed by atoms with Crippen molar-refractivity contribution in [3.8, 4) is 45.8 Å². The van der Waals surface area contributed by atoms with Gasteiger partial charge in [0.2, 0.25) is 0 Å². The number of aromatic nitrogens is 2. The van der Waals surface area contributed by atoms with E-state index in [1.54, 1.807) is 0 Å². The van der Waals surface area contributed by atoms with Crippen molar-refractivity contribution in [1.29, 1.82) is 10.5 Å². The second-order valence-corrected chi connectivity index (χ2v) is 12.3. The lowest BCUT2D eigenvalue weighted by atomic mass is 9.93. The third-order valence-corrected chi connectivity index (χ3v) is 9.62. The first kappa shape index (κ1) is 28.8. The highest BCUT2D eigenvalue weighted by atomic mass is 15.0. The topological polar surface area (TPSA) is 61.8 Å². The highest BCUT2D eigenvalue weighted by molar-refractivity contribution is 6.12. The third-order valence-electron chi connectivity index (χ3n) is 9.62. The van der Waals surface area contributed by atoms with Crippen LogP contribution in [0.1, 0.15) is 11.1 Å². The van der Waals surface area contributed by atoms with E-state index in [2.05, 4.69) is 92.8 Å². The predicted octanol–water partition coefficient (Wildman–Crippen LogP) is 11.5. The molecule has 0 atom stereocenters. The average molecular weight is 636 g/mol. The molecule has 0 fully saturated rings. The van der Waals surface area contributed by atoms with Gasteiger partial charge in [-0.15, -0.1) is 0 Å². The van der Waals surface area contributed by atoms with Crippen molar-refractivity contribution in [2.75, 3.05) is 0 Å². The van der Waals surface area contributed by atoms with Crippen molar-refractivity contribution in [3.05, 3.63) is 174 Å². The zero-order chi connectivity index (χ0) is 33.8. The summed E-state index contributed by atoms with van der Waals surface area (Å²) in [6.07, 6.45) is 0. The van der Waals surface area contributed by atoms with Gasteiger partial charge in [-0.05, 0) is 71.6 Å². The van der Waals surface area contributed by atoms with E-state index in [-0.39, 0.29) is 0 Å². The molecule has 0 spiro atoms. The van der Waals surface area contributed by atoms with E-state index in [1.807, 2.05) is 84.9 Å². The van der Waals surface area contributed by atoms with E-state index >= 15 is 0 Å². The zero-order valence-electron chi connectivity index (χ0n) is 26.7. The Hall–Kier alpha value is -7.39. The Morgan fingerprint density at radius 1 is 0.480 bits per heavy atom. The minimum Gasteiger partial charge on any atom is -0.309 e. The number of benzene rings is 7. The number of fused-ring (bicyclic) bond motifs is 6. The van der Waals surface area contributed by atoms with Gasteiger partial charge in [0.05, 0.1) is 57.6 Å². The number of nitrogens with zero attached hydrogens (tertiary/aromatic N) is 5. The van der Waals surface area contributed by atoms with Crippen LogP contribution in [0.5, 0.6) is 0 Å². The second-order valence-electron chi connectivity index (χ2n) is 12.3. The molecule has 5 heteroatoms. The maximum absolute atomic E-state index is 10.2. The van der Waals surface area contributed by atoms with Gasteiger partial charge in [0.25, 0.3) is 0 Å². The van der Waals surface area contributed by atoms with Gasteiger partial charge in [-0.1, -0.05) is 91.0 Å². The van der Waals surface area contributed by atoms with Gasteiger partial charge in [-0.2, -0.15) is 10.5 Å². The minimum absolute atomic E-state index is 0.591. The minimum atomic E-state index is 0.591. The zero-order valence-corrected chi connectivity index (χ0v) is 26.7. The van der Waals surface area contributed by atoms with Crippen LogP contribution in [0.25, 0.3) is 82.1 Å². The first-order chi connectivity index (χ1) is 24.7. The van der Waals surface area contributed by atoms with E-state index in [9.17, 15) is 10.5 Å². The molecule has 230 valence electrons. The summed E-state index contributed by atoms with van der Waals surface area (Å²) < 4.78 is 4.53. The van der Waals surface area contributed by atoms with Gasteiger partial charge in [-0.25, -0.2) is 4.85 Å². The normalized spacial score (nSPS) is 11.1. The fourth-order valence-corrected chi connectivity index (χ4v) is 7.43. The molecular weight excluding hydrogens is 611 g/mol. The van der Waals surface area contributed by atoms with Crippen molar-refractivity contribution in [3.63, 3.8) is 0 Å². The molecular formula is C45H25N5. The Labute approximate surface area is 288 Å². The molecule has 5 nitrogen and oxygen atoms in total. The third kappa shape index (κ3) is 4.31. The van der Waals surface area contributed by atoms with Gasteiger partial charge in [-0.3, -0.25) is 0 Å². The van der Waals surface area contributed by atoms with Crippen molar-refractivity contribution in [2.45, 2.75) is 0 Å². The summed E-state index contributed by atoms with van der Waals surface area (Å²) in [5, 5.41) is 24.0. The highest BCUT2D eigenvalue weighted by Gasteiger charge is 2.21. The summed E-state index contributed by atoms with van der Waals surface area (Å²) in [5.74, 6) is 0.